The van der Waals surface area contributed by atoms with Gasteiger partial charge in [0.2, 0.25) is 0 Å². The van der Waals surface area contributed by atoms with Crippen molar-refractivity contribution in [2.24, 2.45) is 0 Å². The Morgan fingerprint density at radius 2 is 2.07 bits per heavy atom. The van der Waals surface area contributed by atoms with Crippen LogP contribution >= 0.6 is 0 Å². The molecule has 2 aromatic rings. The van der Waals surface area contributed by atoms with Gasteiger partial charge >= 0.3 is 29.6 Å². The van der Waals surface area contributed by atoms with Crippen molar-refractivity contribution in [3.05, 3.63) is 42.5 Å². The summed E-state index contributed by atoms with van der Waals surface area (Å²) >= 11 is -2.52. The molecule has 0 saturated heterocycles. The first-order valence-corrected chi connectivity index (χ1v) is 4.93. The molecule has 2 aromatic carbocycles. The van der Waals surface area contributed by atoms with Crippen LogP contribution < -0.4 is 33.7 Å². The van der Waals surface area contributed by atoms with Crippen LogP contribution in [-0.2, 0) is 11.4 Å². The molecule has 3 nitrogen and oxygen atoms in total. The zero-order valence-corrected chi connectivity index (χ0v) is 10.9. The molecule has 2 rings (SSSR count). The first-order chi connectivity index (χ1) is 6.75. The maximum Gasteiger partial charge on any atom is 1.00 e. The second-order valence-electron chi connectivity index (χ2n) is 2.72. The van der Waals surface area contributed by atoms with Crippen LogP contribution in [0, 0.1) is 6.07 Å². The second kappa shape index (κ2) is 5.63. The molecule has 0 aliphatic carbocycles. The third kappa shape index (κ3) is 3.29. The van der Waals surface area contributed by atoms with Crippen LogP contribution in [0.3, 0.4) is 0 Å². The summed E-state index contributed by atoms with van der Waals surface area (Å²) < 4.78 is 25.1. The minimum atomic E-state index is -2.52. The van der Waals surface area contributed by atoms with E-state index < -0.39 is 11.4 Å². The second-order valence-corrected chi connectivity index (χ2v) is 3.30. The van der Waals surface area contributed by atoms with E-state index in [4.69, 9.17) is 0 Å². The molecular formula is C10H6NaO3S-. The Labute approximate surface area is 112 Å². The van der Waals surface area contributed by atoms with E-state index in [2.05, 4.69) is 10.2 Å². The van der Waals surface area contributed by atoms with Gasteiger partial charge in [0.25, 0.3) is 0 Å². The first kappa shape index (κ1) is 12.7. The smallest absolute Gasteiger partial charge is 0.740 e. The minimum absolute atomic E-state index is 0. The van der Waals surface area contributed by atoms with E-state index in [0.29, 0.717) is 5.75 Å². The molecule has 0 aliphatic rings. The molecule has 0 fully saturated rings. The first-order valence-electron chi connectivity index (χ1n) is 3.93. The number of rotatable bonds is 2. The summed E-state index contributed by atoms with van der Waals surface area (Å²) in [5.74, 6) is 0.317. The molecule has 0 N–H and O–H groups in total. The molecule has 0 spiro atoms. The van der Waals surface area contributed by atoms with Crippen molar-refractivity contribution in [3.8, 4) is 5.75 Å². The zero-order valence-electron chi connectivity index (χ0n) is 8.10. The van der Waals surface area contributed by atoms with Gasteiger partial charge in [-0.15, -0.1) is 16.8 Å². The van der Waals surface area contributed by atoms with Gasteiger partial charge in [-0.25, -0.2) is 4.21 Å². The monoisotopic (exact) mass is 229 g/mol. The summed E-state index contributed by atoms with van der Waals surface area (Å²) in [5.41, 5.74) is 0. The van der Waals surface area contributed by atoms with E-state index in [0.717, 1.165) is 10.8 Å². The van der Waals surface area contributed by atoms with E-state index in [1.807, 2.05) is 12.1 Å². The normalized spacial score (nSPS) is 11.8. The van der Waals surface area contributed by atoms with Crippen LogP contribution in [0.1, 0.15) is 0 Å². The fourth-order valence-corrected chi connectivity index (χ4v) is 1.50. The Morgan fingerprint density at radius 1 is 1.27 bits per heavy atom. The largest absolute Gasteiger partial charge is 1.00 e. The number of benzene rings is 2. The Bertz CT molecular complexity index is 487. The molecule has 0 heterocycles. The molecule has 5 heteroatoms. The fourth-order valence-electron chi connectivity index (χ4n) is 1.23. The third-order valence-electron chi connectivity index (χ3n) is 1.82. The Morgan fingerprint density at radius 3 is 2.80 bits per heavy atom. The number of hydrogen-bond acceptors (Lipinski definition) is 3. The van der Waals surface area contributed by atoms with Crippen LogP contribution in [0.2, 0.25) is 0 Å². The molecule has 1 atom stereocenters. The topological polar surface area (TPSA) is 49.4 Å². The van der Waals surface area contributed by atoms with E-state index in [1.54, 1.807) is 24.3 Å². The fraction of sp³-hybridized carbons (Fsp3) is 0. The summed E-state index contributed by atoms with van der Waals surface area (Å²) in [5, 5.41) is 1.92. The van der Waals surface area contributed by atoms with Crippen molar-refractivity contribution < 1.29 is 42.5 Å². The number of hydrogen-bond donors (Lipinski definition) is 0. The Balaban J connectivity index is 0.00000112. The van der Waals surface area contributed by atoms with Crippen LogP contribution in [0.5, 0.6) is 5.75 Å². The van der Waals surface area contributed by atoms with Crippen molar-refractivity contribution in [2.45, 2.75) is 0 Å². The van der Waals surface area contributed by atoms with Crippen molar-refractivity contribution in [1.29, 1.82) is 0 Å². The summed E-state index contributed by atoms with van der Waals surface area (Å²) in [6.07, 6.45) is 0. The molecule has 72 valence electrons. The SMILES string of the molecule is O=S([O-])Oc1ccc2c[c-]ccc2c1.[Na+]. The zero-order chi connectivity index (χ0) is 9.97. The molecule has 0 aromatic heterocycles. The average molecular weight is 229 g/mol. The van der Waals surface area contributed by atoms with Crippen LogP contribution in [-0.4, -0.2) is 8.76 Å². The molecular weight excluding hydrogens is 223 g/mol. The maximum atomic E-state index is 10.3. The summed E-state index contributed by atoms with van der Waals surface area (Å²) in [6.45, 7) is 0. The van der Waals surface area contributed by atoms with Gasteiger partial charge in [0.05, 0.1) is 0 Å². The summed E-state index contributed by atoms with van der Waals surface area (Å²) in [7, 11) is 0. The molecule has 0 radical (unpaired) electrons. The van der Waals surface area contributed by atoms with Crippen LogP contribution in [0.25, 0.3) is 10.8 Å². The van der Waals surface area contributed by atoms with Crippen LogP contribution in [0.15, 0.2) is 36.4 Å². The minimum Gasteiger partial charge on any atom is -0.740 e. The van der Waals surface area contributed by atoms with Gasteiger partial charge in [0.15, 0.2) is 0 Å². The molecule has 0 amide bonds. The van der Waals surface area contributed by atoms with Gasteiger partial charge in [-0.2, -0.15) is 24.3 Å². The Kier molecular flexibility index (Phi) is 4.76. The van der Waals surface area contributed by atoms with E-state index >= 15 is 0 Å². The molecule has 0 saturated carbocycles. The van der Waals surface area contributed by atoms with Gasteiger partial charge in [0.1, 0.15) is 17.1 Å². The van der Waals surface area contributed by atoms with Gasteiger partial charge in [0, 0.05) is 0 Å². The third-order valence-corrected chi connectivity index (χ3v) is 2.15. The number of fused-ring (bicyclic) bond motifs is 1. The summed E-state index contributed by atoms with van der Waals surface area (Å²) in [6, 6.07) is 13.4. The molecule has 1 unspecified atom stereocenters. The van der Waals surface area contributed by atoms with E-state index in [1.165, 1.54) is 0 Å². The van der Waals surface area contributed by atoms with E-state index in [9.17, 15) is 8.76 Å². The van der Waals surface area contributed by atoms with Crippen molar-refractivity contribution in [1.82, 2.24) is 0 Å². The quantitative estimate of drug-likeness (QED) is 0.370. The molecule has 0 aliphatic heterocycles. The van der Waals surface area contributed by atoms with Gasteiger partial charge in [-0.05, 0) is 12.1 Å². The standard InChI is InChI=1S/C10H7O3S.Na/c11-14(12)13-10-6-5-8-3-1-2-4-9(8)7-10;/h2-7H,(H,11,12);/q-1;+1/p-1. The van der Waals surface area contributed by atoms with Gasteiger partial charge < -0.3 is 8.74 Å². The van der Waals surface area contributed by atoms with Crippen molar-refractivity contribution >= 4 is 22.1 Å². The van der Waals surface area contributed by atoms with Crippen molar-refractivity contribution in [3.63, 3.8) is 0 Å². The Hall–Kier alpha value is -0.390. The summed E-state index contributed by atoms with van der Waals surface area (Å²) in [4.78, 5) is 0. The predicted molar refractivity (Wildman–Crippen MR) is 52.3 cm³/mol. The molecule has 15 heavy (non-hydrogen) atoms. The van der Waals surface area contributed by atoms with Gasteiger partial charge in [-0.3, -0.25) is 0 Å². The van der Waals surface area contributed by atoms with Gasteiger partial charge in [-0.1, -0.05) is 0 Å². The van der Waals surface area contributed by atoms with E-state index in [-0.39, 0.29) is 29.6 Å². The predicted octanol–water partition coefficient (Wildman–Crippen LogP) is -1.18. The van der Waals surface area contributed by atoms with Crippen molar-refractivity contribution in [2.75, 3.05) is 0 Å². The maximum absolute atomic E-state index is 10.3. The molecule has 0 bridgehead atoms. The van der Waals surface area contributed by atoms with Crippen LogP contribution in [0.4, 0.5) is 0 Å². The average Bonchev–Trinajstić information content (AvgIpc) is 2.17.